The van der Waals surface area contributed by atoms with Crippen LogP contribution in [0.1, 0.15) is 11.4 Å². The van der Waals surface area contributed by atoms with Gasteiger partial charge in [-0.1, -0.05) is 28.1 Å². The van der Waals surface area contributed by atoms with Crippen LogP contribution in [-0.4, -0.2) is 17.1 Å². The Morgan fingerprint density at radius 1 is 1.13 bits per heavy atom. The second-order valence-corrected chi connectivity index (χ2v) is 5.95. The van der Waals surface area contributed by atoms with Gasteiger partial charge in [-0.3, -0.25) is 0 Å². The molecular weight excluding hydrogens is 361 g/mol. The fraction of sp³-hybridized carbons (Fsp3) is 0.176. The molecule has 0 aliphatic heterocycles. The number of halogens is 2. The van der Waals surface area contributed by atoms with Gasteiger partial charge in [0.25, 0.3) is 0 Å². The van der Waals surface area contributed by atoms with Crippen LogP contribution in [0.25, 0.3) is 10.9 Å². The Bertz CT molecular complexity index is 824. The minimum atomic E-state index is -0.470. The van der Waals surface area contributed by atoms with Gasteiger partial charge in [-0.2, -0.15) is 0 Å². The van der Waals surface area contributed by atoms with Crippen LogP contribution < -0.4 is 5.32 Å². The molecule has 0 amide bonds. The van der Waals surface area contributed by atoms with E-state index < -0.39 is 6.67 Å². The molecule has 4 nitrogen and oxygen atoms in total. The van der Waals surface area contributed by atoms with Gasteiger partial charge >= 0.3 is 0 Å². The fourth-order valence-corrected chi connectivity index (χ4v) is 2.60. The molecule has 0 fully saturated rings. The minimum Gasteiger partial charge on any atom is -0.377 e. The van der Waals surface area contributed by atoms with Crippen LogP contribution in [0.4, 0.5) is 15.9 Å². The Kier molecular flexibility index (Phi) is 4.83. The average molecular weight is 376 g/mol. The molecule has 0 saturated heterocycles. The Labute approximate surface area is 141 Å². The molecule has 3 aromatic rings. The summed E-state index contributed by atoms with van der Waals surface area (Å²) in [5.41, 5.74) is 2.31. The molecule has 1 aromatic heterocycles. The van der Waals surface area contributed by atoms with Crippen molar-refractivity contribution < 1.29 is 9.13 Å². The summed E-state index contributed by atoms with van der Waals surface area (Å²) in [6, 6.07) is 13.0. The number of methoxy groups -OCH3 is 1. The summed E-state index contributed by atoms with van der Waals surface area (Å²) in [6.07, 6.45) is 0. The van der Waals surface area contributed by atoms with E-state index >= 15 is 0 Å². The maximum absolute atomic E-state index is 12.6. The molecule has 6 heteroatoms. The van der Waals surface area contributed by atoms with Gasteiger partial charge in [0.15, 0.2) is 5.82 Å². The first-order chi connectivity index (χ1) is 11.2. The summed E-state index contributed by atoms with van der Waals surface area (Å²) in [5.74, 6) is 1.29. The number of nitrogens with one attached hydrogen (secondary N) is 1. The highest BCUT2D eigenvalue weighted by molar-refractivity contribution is 9.10. The number of hydrogen-bond acceptors (Lipinski definition) is 4. The van der Waals surface area contributed by atoms with Gasteiger partial charge in [0.05, 0.1) is 5.52 Å². The molecule has 0 bridgehead atoms. The van der Waals surface area contributed by atoms with Crippen molar-refractivity contribution in [2.75, 3.05) is 12.4 Å². The molecule has 0 unspecified atom stereocenters. The minimum absolute atomic E-state index is 0.331. The zero-order valence-corrected chi connectivity index (χ0v) is 14.1. The molecule has 2 aromatic carbocycles. The highest BCUT2D eigenvalue weighted by atomic mass is 79.9. The molecule has 23 heavy (non-hydrogen) atoms. The van der Waals surface area contributed by atoms with Crippen LogP contribution in [0.2, 0.25) is 0 Å². The first kappa shape index (κ1) is 15.8. The van der Waals surface area contributed by atoms with Gasteiger partial charge in [-0.15, -0.1) is 0 Å². The van der Waals surface area contributed by atoms with E-state index in [2.05, 4.69) is 31.2 Å². The van der Waals surface area contributed by atoms with E-state index in [9.17, 15) is 4.39 Å². The van der Waals surface area contributed by atoms with Crippen LogP contribution in [-0.2, 0) is 18.0 Å². The van der Waals surface area contributed by atoms with E-state index in [1.807, 2.05) is 30.3 Å². The van der Waals surface area contributed by atoms with E-state index in [0.717, 1.165) is 21.1 Å². The van der Waals surface area contributed by atoms with Crippen molar-refractivity contribution in [3.05, 3.63) is 58.3 Å². The zero-order chi connectivity index (χ0) is 16.2. The third-order valence-corrected chi connectivity index (χ3v) is 3.84. The predicted octanol–water partition coefficient (Wildman–Crippen LogP) is 4.75. The molecule has 0 saturated carbocycles. The summed E-state index contributed by atoms with van der Waals surface area (Å²) >= 11 is 3.46. The Morgan fingerprint density at radius 2 is 1.91 bits per heavy atom. The lowest BCUT2D eigenvalue weighted by Gasteiger charge is -2.11. The van der Waals surface area contributed by atoms with Crippen molar-refractivity contribution in [2.24, 2.45) is 0 Å². The second kappa shape index (κ2) is 7.02. The number of rotatable bonds is 5. The van der Waals surface area contributed by atoms with Crippen molar-refractivity contribution in [2.45, 2.75) is 13.3 Å². The molecular formula is C17H15BrFN3O. The smallest absolute Gasteiger partial charge is 0.157 e. The summed E-state index contributed by atoms with van der Waals surface area (Å²) < 4.78 is 18.7. The Hall–Kier alpha value is -2.05. The fourth-order valence-electron chi connectivity index (χ4n) is 2.25. The molecule has 0 aliphatic carbocycles. The number of alkyl halides is 1. The first-order valence-electron chi connectivity index (χ1n) is 7.06. The average Bonchev–Trinajstić information content (AvgIpc) is 2.55. The highest BCUT2D eigenvalue weighted by Gasteiger charge is 2.09. The summed E-state index contributed by atoms with van der Waals surface area (Å²) in [7, 11) is 1.61. The maximum atomic E-state index is 12.6. The number of fused-ring (bicyclic) bond motifs is 1. The van der Waals surface area contributed by atoms with Crippen molar-refractivity contribution in [1.82, 2.24) is 9.97 Å². The van der Waals surface area contributed by atoms with E-state index in [4.69, 9.17) is 4.74 Å². The summed E-state index contributed by atoms with van der Waals surface area (Å²) in [4.78, 5) is 9.02. The standard InChI is InChI=1S/C17H15BrFN3O/c1-23-10-16-21-15-8-12(18)4-7-14(15)17(22-16)20-13-5-2-11(9-19)3-6-13/h2-8H,9-10H2,1H3,(H,20,21,22). The van der Waals surface area contributed by atoms with Crippen LogP contribution >= 0.6 is 15.9 Å². The normalized spacial score (nSPS) is 10.9. The van der Waals surface area contributed by atoms with Crippen LogP contribution in [0.3, 0.4) is 0 Å². The predicted molar refractivity (Wildman–Crippen MR) is 92.5 cm³/mol. The topological polar surface area (TPSA) is 47.0 Å². The number of anilines is 2. The van der Waals surface area contributed by atoms with Gasteiger partial charge in [-0.05, 0) is 35.9 Å². The summed E-state index contributed by atoms with van der Waals surface area (Å²) in [5, 5.41) is 4.18. The number of aromatic nitrogens is 2. The Morgan fingerprint density at radius 3 is 2.61 bits per heavy atom. The molecule has 1 N–H and O–H groups in total. The van der Waals surface area contributed by atoms with E-state index in [1.165, 1.54) is 0 Å². The van der Waals surface area contributed by atoms with E-state index in [-0.39, 0.29) is 0 Å². The van der Waals surface area contributed by atoms with Crippen molar-refractivity contribution in [1.29, 1.82) is 0 Å². The molecule has 3 rings (SSSR count). The lowest BCUT2D eigenvalue weighted by atomic mass is 10.2. The van der Waals surface area contributed by atoms with E-state index in [0.29, 0.717) is 23.8 Å². The lowest BCUT2D eigenvalue weighted by molar-refractivity contribution is 0.178. The van der Waals surface area contributed by atoms with Crippen LogP contribution in [0.15, 0.2) is 46.9 Å². The van der Waals surface area contributed by atoms with Gasteiger partial charge in [0.2, 0.25) is 0 Å². The van der Waals surface area contributed by atoms with Crippen molar-refractivity contribution >= 4 is 38.3 Å². The largest absolute Gasteiger partial charge is 0.377 e. The van der Waals surface area contributed by atoms with Gasteiger partial charge in [0, 0.05) is 22.7 Å². The summed E-state index contributed by atoms with van der Waals surface area (Å²) in [6.45, 7) is -0.138. The molecule has 0 atom stereocenters. The number of nitrogens with zero attached hydrogens (tertiary/aromatic N) is 2. The quantitative estimate of drug-likeness (QED) is 0.698. The van der Waals surface area contributed by atoms with Gasteiger partial charge in [-0.25, -0.2) is 14.4 Å². The van der Waals surface area contributed by atoms with Gasteiger partial charge < -0.3 is 10.1 Å². The molecule has 118 valence electrons. The third-order valence-electron chi connectivity index (χ3n) is 3.35. The molecule has 0 aliphatic rings. The lowest BCUT2D eigenvalue weighted by Crippen LogP contribution is -2.03. The van der Waals surface area contributed by atoms with Gasteiger partial charge in [0.1, 0.15) is 19.1 Å². The third kappa shape index (κ3) is 3.65. The second-order valence-electron chi connectivity index (χ2n) is 5.04. The zero-order valence-electron chi connectivity index (χ0n) is 12.5. The monoisotopic (exact) mass is 375 g/mol. The van der Waals surface area contributed by atoms with Crippen molar-refractivity contribution in [3.63, 3.8) is 0 Å². The first-order valence-corrected chi connectivity index (χ1v) is 7.86. The van der Waals surface area contributed by atoms with Crippen LogP contribution in [0, 0.1) is 0 Å². The van der Waals surface area contributed by atoms with Crippen LogP contribution in [0.5, 0.6) is 0 Å². The maximum Gasteiger partial charge on any atom is 0.157 e. The Balaban J connectivity index is 2.03. The van der Waals surface area contributed by atoms with E-state index in [1.54, 1.807) is 19.2 Å². The molecule has 0 spiro atoms. The number of benzene rings is 2. The highest BCUT2D eigenvalue weighted by Crippen LogP contribution is 2.26. The number of hydrogen-bond donors (Lipinski definition) is 1. The number of ether oxygens (including phenoxy) is 1. The van der Waals surface area contributed by atoms with Crippen molar-refractivity contribution in [3.8, 4) is 0 Å². The molecule has 0 radical (unpaired) electrons. The molecule has 1 heterocycles. The SMILES string of the molecule is COCc1nc(Nc2ccc(CF)cc2)c2ccc(Br)cc2n1.